The second-order valence-corrected chi connectivity index (χ2v) is 8.47. The summed E-state index contributed by atoms with van der Waals surface area (Å²) in [6, 6.07) is 7.57. The maximum Gasteiger partial charge on any atom is 0.300 e. The van der Waals surface area contributed by atoms with E-state index in [1.807, 2.05) is 0 Å². The van der Waals surface area contributed by atoms with Crippen molar-refractivity contribution in [3.8, 4) is 5.75 Å². The molecule has 1 aromatic heterocycles. The van der Waals surface area contributed by atoms with Gasteiger partial charge in [-0.3, -0.25) is 14.4 Å². The van der Waals surface area contributed by atoms with E-state index in [4.69, 9.17) is 31.0 Å². The van der Waals surface area contributed by atoms with Crippen molar-refractivity contribution in [3.63, 3.8) is 0 Å². The van der Waals surface area contributed by atoms with Crippen molar-refractivity contribution in [1.82, 2.24) is 9.97 Å². The number of hydrogen-bond donors (Lipinski definition) is 2. The number of carbonyl (C=O) groups is 3. The van der Waals surface area contributed by atoms with Crippen LogP contribution in [0.3, 0.4) is 0 Å². The van der Waals surface area contributed by atoms with Crippen LogP contribution in [0.25, 0.3) is 10.9 Å². The lowest BCUT2D eigenvalue weighted by Gasteiger charge is -2.22. The fraction of sp³-hybridized carbons (Fsp3) is 0.292. The molecule has 2 amide bonds. The van der Waals surface area contributed by atoms with Crippen molar-refractivity contribution in [1.29, 1.82) is 0 Å². The van der Waals surface area contributed by atoms with Crippen LogP contribution in [0.15, 0.2) is 36.7 Å². The van der Waals surface area contributed by atoms with Crippen molar-refractivity contribution in [2.24, 2.45) is 0 Å². The number of anilines is 3. The standard InChI is InChI=1S/C22H18ClFN4O4.C2H4O2/c23-15-7-12(1-2-16(15)24)27-22-14-8-18(28-20(29)3-4-21(28)30)19(9-17(14)25-11-26-22)32-13-5-6-31-10-13;1-2(3)4/h1-2,7-9,11,13H,3-6,10H2,(H,25,26,27);1H3,(H,3,4)/t13-;/m0./s1. The maximum atomic E-state index is 13.5. The van der Waals surface area contributed by atoms with E-state index in [2.05, 4.69) is 15.3 Å². The lowest BCUT2D eigenvalue weighted by atomic mass is 10.1. The van der Waals surface area contributed by atoms with E-state index < -0.39 is 11.8 Å². The topological polar surface area (TPSA) is 131 Å². The highest BCUT2D eigenvalue weighted by Crippen LogP contribution is 2.39. The zero-order valence-electron chi connectivity index (χ0n) is 19.2. The Kier molecular flexibility index (Phi) is 7.61. The molecule has 188 valence electrons. The van der Waals surface area contributed by atoms with Gasteiger partial charge in [0.25, 0.3) is 5.97 Å². The number of ether oxygens (including phenoxy) is 2. The van der Waals surface area contributed by atoms with Crippen LogP contribution in [-0.4, -0.2) is 52.2 Å². The van der Waals surface area contributed by atoms with E-state index in [-0.39, 0.29) is 35.8 Å². The van der Waals surface area contributed by atoms with E-state index in [0.717, 1.165) is 11.8 Å². The number of amides is 2. The van der Waals surface area contributed by atoms with Gasteiger partial charge in [0.15, 0.2) is 0 Å². The number of rotatable bonds is 5. The predicted molar refractivity (Wildman–Crippen MR) is 129 cm³/mol. The Morgan fingerprint density at radius 2 is 1.94 bits per heavy atom. The molecule has 0 unspecified atom stereocenters. The van der Waals surface area contributed by atoms with E-state index in [9.17, 15) is 14.0 Å². The minimum Gasteiger partial charge on any atom is -0.486 e. The molecule has 0 spiro atoms. The molecule has 1 atom stereocenters. The number of aromatic nitrogens is 2. The molecule has 0 bridgehead atoms. The Morgan fingerprint density at radius 3 is 2.58 bits per heavy atom. The molecular weight excluding hydrogens is 495 g/mol. The number of halogens is 2. The fourth-order valence-corrected chi connectivity index (χ4v) is 3.96. The highest BCUT2D eigenvalue weighted by atomic mass is 35.5. The SMILES string of the molecule is CC(=O)O.O=C1CCC(=O)N1c1cc2c(Nc3ccc(F)c(Cl)c3)ncnc2cc1O[C@H]1CCOC1. The van der Waals surface area contributed by atoms with Gasteiger partial charge in [-0.2, -0.15) is 0 Å². The molecule has 12 heteroatoms. The highest BCUT2D eigenvalue weighted by Gasteiger charge is 2.34. The monoisotopic (exact) mass is 516 g/mol. The summed E-state index contributed by atoms with van der Waals surface area (Å²) in [5.74, 6) is -1.16. The summed E-state index contributed by atoms with van der Waals surface area (Å²) in [4.78, 5) is 43.7. The summed E-state index contributed by atoms with van der Waals surface area (Å²) in [7, 11) is 0. The molecule has 2 fully saturated rings. The van der Waals surface area contributed by atoms with Crippen LogP contribution in [0, 0.1) is 5.82 Å². The number of carboxylic acid groups (broad SMARTS) is 1. The quantitative estimate of drug-likeness (QED) is 0.481. The first-order valence-electron chi connectivity index (χ1n) is 11.0. The molecule has 2 aliphatic heterocycles. The predicted octanol–water partition coefficient (Wildman–Crippen LogP) is 4.08. The first-order chi connectivity index (χ1) is 17.2. The van der Waals surface area contributed by atoms with Gasteiger partial charge in [-0.15, -0.1) is 0 Å². The lowest BCUT2D eigenvalue weighted by Crippen LogP contribution is -2.30. The fourth-order valence-electron chi connectivity index (χ4n) is 3.78. The van der Waals surface area contributed by atoms with Gasteiger partial charge < -0.3 is 19.9 Å². The van der Waals surface area contributed by atoms with Gasteiger partial charge in [-0.1, -0.05) is 11.6 Å². The van der Waals surface area contributed by atoms with Crippen LogP contribution < -0.4 is 15.0 Å². The number of benzene rings is 2. The molecule has 2 N–H and O–H groups in total. The Balaban J connectivity index is 0.000000709. The van der Waals surface area contributed by atoms with E-state index in [0.29, 0.717) is 53.5 Å². The van der Waals surface area contributed by atoms with Gasteiger partial charge >= 0.3 is 0 Å². The molecule has 2 aliphatic rings. The molecule has 36 heavy (non-hydrogen) atoms. The third-order valence-corrected chi connectivity index (χ3v) is 5.66. The minimum absolute atomic E-state index is 0.0308. The van der Waals surface area contributed by atoms with Crippen molar-refractivity contribution in [3.05, 3.63) is 47.5 Å². The Hall–Kier alpha value is -3.83. The van der Waals surface area contributed by atoms with Crippen molar-refractivity contribution in [2.45, 2.75) is 32.3 Å². The zero-order valence-corrected chi connectivity index (χ0v) is 19.9. The van der Waals surface area contributed by atoms with Crippen LogP contribution in [0.1, 0.15) is 26.2 Å². The summed E-state index contributed by atoms with van der Waals surface area (Å²) in [5, 5.41) is 11.0. The van der Waals surface area contributed by atoms with E-state index in [1.54, 1.807) is 12.1 Å². The van der Waals surface area contributed by atoms with Gasteiger partial charge in [0, 0.05) is 43.3 Å². The molecule has 10 nitrogen and oxygen atoms in total. The Bertz CT molecular complexity index is 1310. The Labute approximate surface area is 210 Å². The zero-order chi connectivity index (χ0) is 25.8. The number of fused-ring (bicyclic) bond motifs is 1. The number of carboxylic acids is 1. The maximum absolute atomic E-state index is 13.5. The second kappa shape index (κ2) is 10.8. The van der Waals surface area contributed by atoms with Gasteiger partial charge in [-0.05, 0) is 24.3 Å². The normalized spacial score (nSPS) is 17.2. The first-order valence-corrected chi connectivity index (χ1v) is 11.4. The summed E-state index contributed by atoms with van der Waals surface area (Å²) < 4.78 is 25.0. The smallest absolute Gasteiger partial charge is 0.300 e. The number of carbonyl (C=O) groups excluding carboxylic acids is 2. The average Bonchev–Trinajstić information content (AvgIpc) is 3.45. The number of aliphatic carboxylic acids is 1. The van der Waals surface area contributed by atoms with E-state index in [1.165, 1.54) is 24.5 Å². The average molecular weight is 517 g/mol. The van der Waals surface area contributed by atoms with Crippen LogP contribution in [-0.2, 0) is 19.1 Å². The van der Waals surface area contributed by atoms with Gasteiger partial charge in [0.05, 0.1) is 29.4 Å². The molecule has 0 saturated carbocycles. The van der Waals surface area contributed by atoms with Crippen LogP contribution in [0.4, 0.5) is 21.6 Å². The molecule has 0 aliphatic carbocycles. The molecule has 5 rings (SSSR count). The third kappa shape index (κ3) is 5.69. The van der Waals surface area contributed by atoms with Crippen LogP contribution in [0.5, 0.6) is 5.75 Å². The summed E-state index contributed by atoms with van der Waals surface area (Å²) in [6.07, 6.45) is 2.20. The Morgan fingerprint density at radius 1 is 1.22 bits per heavy atom. The first kappa shape index (κ1) is 25.3. The van der Waals surface area contributed by atoms with Crippen molar-refractivity contribution >= 4 is 57.5 Å². The third-order valence-electron chi connectivity index (χ3n) is 5.37. The number of hydrogen-bond acceptors (Lipinski definition) is 8. The summed E-state index contributed by atoms with van der Waals surface area (Å²) in [5.41, 5.74) is 1.41. The van der Waals surface area contributed by atoms with Gasteiger partial charge in [-0.25, -0.2) is 19.3 Å². The molecule has 0 radical (unpaired) electrons. The molecular formula is C24H22ClFN4O6. The second-order valence-electron chi connectivity index (χ2n) is 8.06. The lowest BCUT2D eigenvalue weighted by molar-refractivity contribution is -0.134. The molecule has 2 aromatic carbocycles. The van der Waals surface area contributed by atoms with E-state index >= 15 is 0 Å². The summed E-state index contributed by atoms with van der Waals surface area (Å²) in [6.45, 7) is 2.10. The number of nitrogens with one attached hydrogen (secondary N) is 1. The van der Waals surface area contributed by atoms with Gasteiger partial charge in [0.2, 0.25) is 11.8 Å². The van der Waals surface area contributed by atoms with Crippen molar-refractivity contribution < 1.29 is 33.4 Å². The molecule has 3 heterocycles. The number of nitrogens with zero attached hydrogens (tertiary/aromatic N) is 3. The molecule has 3 aromatic rings. The largest absolute Gasteiger partial charge is 0.486 e. The van der Waals surface area contributed by atoms with Crippen LogP contribution >= 0.6 is 11.6 Å². The summed E-state index contributed by atoms with van der Waals surface area (Å²) >= 11 is 5.89. The molecule has 2 saturated heterocycles. The van der Waals surface area contributed by atoms with Crippen molar-refractivity contribution in [2.75, 3.05) is 23.4 Å². The van der Waals surface area contributed by atoms with Crippen LogP contribution in [0.2, 0.25) is 5.02 Å². The number of imide groups is 1. The minimum atomic E-state index is -0.833. The van der Waals surface area contributed by atoms with Gasteiger partial charge in [0.1, 0.15) is 29.8 Å². The highest BCUT2D eigenvalue weighted by molar-refractivity contribution is 6.31.